The van der Waals surface area contributed by atoms with Gasteiger partial charge in [0.1, 0.15) is 5.75 Å². The van der Waals surface area contributed by atoms with E-state index in [1.54, 1.807) is 32.0 Å². The molecule has 1 heterocycles. The molecule has 0 aliphatic rings. The van der Waals surface area contributed by atoms with E-state index in [4.69, 9.17) is 15.9 Å². The zero-order chi connectivity index (χ0) is 29.0. The Hall–Kier alpha value is -4.09. The van der Waals surface area contributed by atoms with Gasteiger partial charge in [0.25, 0.3) is 5.91 Å². The minimum Gasteiger partial charge on any atom is -0.484 e. The van der Waals surface area contributed by atoms with Crippen molar-refractivity contribution >= 4 is 29.4 Å². The molecule has 0 atom stereocenters. The maximum atomic E-state index is 13.8. The first kappa shape index (κ1) is 31.9. The molecule has 5 N–H and O–H groups in total. The third-order valence-corrected chi connectivity index (χ3v) is 4.62. The average Bonchev–Trinajstić information content (AvgIpc) is 3.25. The van der Waals surface area contributed by atoms with Crippen LogP contribution in [0.3, 0.4) is 0 Å². The molecule has 0 bridgehead atoms. The van der Waals surface area contributed by atoms with Crippen LogP contribution in [-0.4, -0.2) is 39.5 Å². The van der Waals surface area contributed by atoms with Crippen molar-refractivity contribution in [1.29, 1.82) is 5.41 Å². The summed E-state index contributed by atoms with van der Waals surface area (Å²) >= 11 is 0. The number of hydrogen-bond acceptors (Lipinski definition) is 7. The van der Waals surface area contributed by atoms with Crippen molar-refractivity contribution in [2.24, 2.45) is 7.05 Å². The molecule has 0 saturated heterocycles. The normalized spacial score (nSPS) is 10.5. The van der Waals surface area contributed by atoms with Crippen LogP contribution in [0.5, 0.6) is 5.75 Å². The van der Waals surface area contributed by atoms with Gasteiger partial charge >= 0.3 is 6.18 Å². The maximum absolute atomic E-state index is 13.8. The number of amides is 1. The highest BCUT2D eigenvalue weighted by Crippen LogP contribution is 2.38. The van der Waals surface area contributed by atoms with E-state index in [1.807, 2.05) is 27.7 Å². The van der Waals surface area contributed by atoms with E-state index >= 15 is 0 Å². The lowest BCUT2D eigenvalue weighted by Gasteiger charge is -2.14. The molecule has 0 aliphatic carbocycles. The molecule has 38 heavy (non-hydrogen) atoms. The molecule has 3 aromatic rings. The van der Waals surface area contributed by atoms with E-state index < -0.39 is 24.3 Å². The highest BCUT2D eigenvalue weighted by molar-refractivity contribution is 5.87. The zero-order valence-electron chi connectivity index (χ0n) is 22.7. The molecule has 9 nitrogen and oxygen atoms in total. The summed E-state index contributed by atoms with van der Waals surface area (Å²) in [6.07, 6.45) is -3.62. The van der Waals surface area contributed by atoms with Crippen LogP contribution in [0, 0.1) is 5.41 Å². The minimum absolute atomic E-state index is 0.106. The number of alkyl halides is 3. The summed E-state index contributed by atoms with van der Waals surface area (Å²) in [5.74, 6) is -0.507. The molecule has 208 valence electrons. The van der Waals surface area contributed by atoms with Gasteiger partial charge in [-0.05, 0) is 50.2 Å². The standard InChI is InChI=1S/C22H24F3N7O2.2C2H6/c1-12(2)28-19(33)11-34-15-5-6-16(17(9-15)22(23,24)25)20-30-21(32(3)31-20)29-14-4-7-18(27)13(8-14)10-26;2*1-2/h4-10,12,26H,11,27H2,1-3H3,(H,28,33)(H,29,30,31);2*1-2H3. The number of nitrogens with one attached hydrogen (secondary N) is 3. The first-order valence-corrected chi connectivity index (χ1v) is 12.2. The van der Waals surface area contributed by atoms with Crippen LogP contribution in [0.2, 0.25) is 0 Å². The summed E-state index contributed by atoms with van der Waals surface area (Å²) in [5, 5.41) is 17.1. The van der Waals surface area contributed by atoms with Gasteiger partial charge in [0.15, 0.2) is 12.4 Å². The van der Waals surface area contributed by atoms with Gasteiger partial charge in [0.05, 0.1) is 5.56 Å². The summed E-state index contributed by atoms with van der Waals surface area (Å²) in [4.78, 5) is 16.0. The maximum Gasteiger partial charge on any atom is 0.417 e. The number of nitrogen functional groups attached to an aromatic ring is 1. The van der Waals surface area contributed by atoms with Crippen molar-refractivity contribution in [2.75, 3.05) is 17.7 Å². The number of nitrogens with two attached hydrogens (primary N) is 1. The summed E-state index contributed by atoms with van der Waals surface area (Å²) in [6.45, 7) is 11.1. The van der Waals surface area contributed by atoms with E-state index in [2.05, 4.69) is 20.7 Å². The quantitative estimate of drug-likeness (QED) is 0.214. The largest absolute Gasteiger partial charge is 0.484 e. The number of aryl methyl sites for hydroxylation is 1. The molecule has 3 rings (SSSR count). The first-order valence-electron chi connectivity index (χ1n) is 12.2. The Kier molecular flexibility index (Phi) is 12.3. The second-order valence-electron chi connectivity index (χ2n) is 7.71. The highest BCUT2D eigenvalue weighted by atomic mass is 19.4. The number of carbonyl (C=O) groups excluding carboxylic acids is 1. The van der Waals surface area contributed by atoms with E-state index in [9.17, 15) is 18.0 Å². The summed E-state index contributed by atoms with van der Waals surface area (Å²) in [5.41, 5.74) is 5.97. The molecule has 0 unspecified atom stereocenters. The fourth-order valence-corrected chi connectivity index (χ4v) is 3.07. The third-order valence-electron chi connectivity index (χ3n) is 4.62. The molecular formula is C26H36F3N7O2. The molecule has 2 aromatic carbocycles. The average molecular weight is 536 g/mol. The zero-order valence-corrected chi connectivity index (χ0v) is 22.7. The molecular weight excluding hydrogens is 499 g/mol. The number of hydrogen-bond donors (Lipinski definition) is 4. The predicted octanol–water partition coefficient (Wildman–Crippen LogP) is 5.78. The Labute approximate surface area is 221 Å². The Morgan fingerprint density at radius 2 is 1.82 bits per heavy atom. The fraction of sp³-hybridized carbons (Fsp3) is 0.385. The van der Waals surface area contributed by atoms with Crippen molar-refractivity contribution in [3.8, 4) is 17.1 Å². The van der Waals surface area contributed by atoms with Crippen molar-refractivity contribution < 1.29 is 22.7 Å². The van der Waals surface area contributed by atoms with Crippen LogP contribution in [0.4, 0.5) is 30.5 Å². The van der Waals surface area contributed by atoms with Gasteiger partial charge in [0.2, 0.25) is 5.95 Å². The van der Waals surface area contributed by atoms with E-state index in [0.717, 1.165) is 12.3 Å². The fourth-order valence-electron chi connectivity index (χ4n) is 3.07. The van der Waals surface area contributed by atoms with Gasteiger partial charge in [-0.25, -0.2) is 4.68 Å². The van der Waals surface area contributed by atoms with Crippen LogP contribution >= 0.6 is 0 Å². The second-order valence-corrected chi connectivity index (χ2v) is 7.71. The molecule has 0 spiro atoms. The van der Waals surface area contributed by atoms with Gasteiger partial charge < -0.3 is 26.5 Å². The lowest BCUT2D eigenvalue weighted by Crippen LogP contribution is -2.34. The Balaban J connectivity index is 0.00000172. The van der Waals surface area contributed by atoms with Gasteiger partial charge in [-0.15, -0.1) is 5.10 Å². The lowest BCUT2D eigenvalue weighted by atomic mass is 10.1. The van der Waals surface area contributed by atoms with Gasteiger partial charge in [-0.1, -0.05) is 27.7 Å². The van der Waals surface area contributed by atoms with Crippen molar-refractivity contribution in [2.45, 2.75) is 53.8 Å². The van der Waals surface area contributed by atoms with Crippen LogP contribution in [0.15, 0.2) is 36.4 Å². The van der Waals surface area contributed by atoms with Gasteiger partial charge in [-0.2, -0.15) is 18.2 Å². The first-order chi connectivity index (χ1) is 18.0. The summed E-state index contributed by atoms with van der Waals surface area (Å²) in [7, 11) is 1.53. The van der Waals surface area contributed by atoms with Gasteiger partial charge in [-0.3, -0.25) is 4.79 Å². The number of aromatic nitrogens is 3. The molecule has 1 aromatic heterocycles. The van der Waals surface area contributed by atoms with Crippen LogP contribution < -0.4 is 21.1 Å². The SMILES string of the molecule is CC.CC.CC(C)NC(=O)COc1ccc(-c2nc(Nc3ccc(N)c(C=N)c3)n(C)n2)c(C(F)(F)F)c1. The molecule has 0 fully saturated rings. The molecule has 0 radical (unpaired) electrons. The third kappa shape index (κ3) is 8.79. The van der Waals surface area contributed by atoms with Crippen LogP contribution in [-0.2, 0) is 18.0 Å². The second kappa shape index (κ2) is 14.6. The molecule has 12 heteroatoms. The van der Waals surface area contributed by atoms with Crippen LogP contribution in [0.25, 0.3) is 11.4 Å². The number of carbonyl (C=O) groups is 1. The topological polar surface area (TPSA) is 131 Å². The van der Waals surface area contributed by atoms with Crippen molar-refractivity contribution in [3.05, 3.63) is 47.5 Å². The number of nitrogens with zero attached hydrogens (tertiary/aromatic N) is 3. The molecule has 1 amide bonds. The smallest absolute Gasteiger partial charge is 0.417 e. The number of rotatable bonds is 8. The summed E-state index contributed by atoms with van der Waals surface area (Å²) < 4.78 is 48.0. The predicted molar refractivity (Wildman–Crippen MR) is 145 cm³/mol. The number of halogens is 3. The van der Waals surface area contributed by atoms with E-state index in [-0.39, 0.29) is 29.1 Å². The number of anilines is 3. The monoisotopic (exact) mass is 535 g/mol. The van der Waals surface area contributed by atoms with Crippen molar-refractivity contribution in [3.63, 3.8) is 0 Å². The van der Waals surface area contributed by atoms with E-state index in [1.165, 1.54) is 23.9 Å². The minimum atomic E-state index is -4.71. The molecule has 0 aliphatic heterocycles. The number of benzene rings is 2. The lowest BCUT2D eigenvalue weighted by molar-refractivity contribution is -0.137. The highest BCUT2D eigenvalue weighted by Gasteiger charge is 2.35. The number of ether oxygens (including phenoxy) is 1. The van der Waals surface area contributed by atoms with Crippen LogP contribution in [0.1, 0.15) is 52.7 Å². The van der Waals surface area contributed by atoms with E-state index in [0.29, 0.717) is 16.9 Å². The van der Waals surface area contributed by atoms with Crippen molar-refractivity contribution in [1.82, 2.24) is 20.1 Å². The van der Waals surface area contributed by atoms with Gasteiger partial charge in [0, 0.05) is 41.8 Å². The summed E-state index contributed by atoms with van der Waals surface area (Å²) in [6, 6.07) is 8.09. The Bertz CT molecular complexity index is 1210. The molecule has 0 saturated carbocycles. The Morgan fingerprint density at radius 3 is 2.39 bits per heavy atom. The Morgan fingerprint density at radius 1 is 1.16 bits per heavy atom.